The smallest absolute Gasteiger partial charge is 0.217 e. The molecule has 1 saturated carbocycles. The van der Waals surface area contributed by atoms with Crippen LogP contribution in [0.4, 0.5) is 0 Å². The van der Waals surface area contributed by atoms with Gasteiger partial charge in [0.05, 0.1) is 18.3 Å². The van der Waals surface area contributed by atoms with Crippen LogP contribution >= 0.6 is 0 Å². The average Bonchev–Trinajstić information content (AvgIpc) is 3.41. The van der Waals surface area contributed by atoms with Crippen LogP contribution in [0.3, 0.4) is 0 Å². The lowest BCUT2D eigenvalue weighted by Gasteiger charge is -2.13. The van der Waals surface area contributed by atoms with Gasteiger partial charge in [0.25, 0.3) is 0 Å². The van der Waals surface area contributed by atoms with Crippen LogP contribution in [-0.2, 0) is 4.79 Å². The van der Waals surface area contributed by atoms with Crippen molar-refractivity contribution >= 4 is 16.9 Å². The summed E-state index contributed by atoms with van der Waals surface area (Å²) < 4.78 is 11.5. The number of ether oxygens (including phenoxy) is 2. The van der Waals surface area contributed by atoms with Crippen LogP contribution in [0, 0.1) is 5.92 Å². The first-order valence-electron chi connectivity index (χ1n) is 9.57. The molecule has 1 heterocycles. The molecule has 1 unspecified atom stereocenters. The fraction of sp³-hybridized carbons (Fsp3) is 0.381. The molecule has 1 fully saturated rings. The Balaban J connectivity index is 1.41. The van der Waals surface area contributed by atoms with Crippen LogP contribution in [0.1, 0.15) is 26.7 Å². The van der Waals surface area contributed by atoms with Gasteiger partial charge in [-0.2, -0.15) is 4.80 Å². The highest BCUT2D eigenvalue weighted by Crippen LogP contribution is 2.30. The van der Waals surface area contributed by atoms with E-state index in [-0.39, 0.29) is 11.9 Å². The van der Waals surface area contributed by atoms with Crippen molar-refractivity contribution in [3.05, 3.63) is 42.5 Å². The number of hydrogen-bond donors (Lipinski definition) is 1. The van der Waals surface area contributed by atoms with Gasteiger partial charge in [-0.05, 0) is 62.1 Å². The van der Waals surface area contributed by atoms with Crippen LogP contribution in [-0.4, -0.2) is 40.2 Å². The highest BCUT2D eigenvalue weighted by molar-refractivity contribution is 5.75. The Kier molecular flexibility index (Phi) is 5.14. The second-order valence-corrected chi connectivity index (χ2v) is 7.30. The van der Waals surface area contributed by atoms with Gasteiger partial charge in [-0.1, -0.05) is 0 Å². The van der Waals surface area contributed by atoms with E-state index < -0.39 is 0 Å². The maximum Gasteiger partial charge on any atom is 0.217 e. The Hall–Kier alpha value is -3.09. The number of hydrogen-bond acceptors (Lipinski definition) is 5. The van der Waals surface area contributed by atoms with Gasteiger partial charge in [0, 0.05) is 13.0 Å². The molecule has 1 aliphatic rings. The van der Waals surface area contributed by atoms with Crippen LogP contribution in [0.15, 0.2) is 42.5 Å². The van der Waals surface area contributed by atoms with E-state index >= 15 is 0 Å². The van der Waals surface area contributed by atoms with E-state index in [0.29, 0.717) is 12.5 Å². The van der Waals surface area contributed by atoms with E-state index in [1.54, 1.807) is 4.80 Å². The van der Waals surface area contributed by atoms with Gasteiger partial charge in [0.1, 0.15) is 29.1 Å². The summed E-state index contributed by atoms with van der Waals surface area (Å²) in [6.45, 7) is 4.58. The van der Waals surface area contributed by atoms with E-state index in [0.717, 1.165) is 34.8 Å². The average molecular weight is 380 g/mol. The molecule has 1 atom stereocenters. The molecule has 1 amide bonds. The summed E-state index contributed by atoms with van der Waals surface area (Å²) in [5.41, 5.74) is 2.47. The molecule has 0 saturated heterocycles. The maximum absolute atomic E-state index is 11.0. The molecule has 1 aromatic heterocycles. The molecule has 2 aromatic carbocycles. The van der Waals surface area contributed by atoms with Gasteiger partial charge in [-0.25, -0.2) is 0 Å². The first-order chi connectivity index (χ1) is 13.6. The van der Waals surface area contributed by atoms with E-state index in [4.69, 9.17) is 9.47 Å². The molecule has 0 spiro atoms. The van der Waals surface area contributed by atoms with Crippen LogP contribution < -0.4 is 14.8 Å². The Morgan fingerprint density at radius 3 is 2.54 bits per heavy atom. The van der Waals surface area contributed by atoms with Crippen LogP contribution in [0.5, 0.6) is 11.5 Å². The maximum atomic E-state index is 11.0. The van der Waals surface area contributed by atoms with Crippen molar-refractivity contribution in [1.82, 2.24) is 20.3 Å². The van der Waals surface area contributed by atoms with Crippen molar-refractivity contribution in [2.24, 2.45) is 5.92 Å². The van der Waals surface area contributed by atoms with Gasteiger partial charge in [0.2, 0.25) is 5.91 Å². The van der Waals surface area contributed by atoms with Gasteiger partial charge in [-0.15, -0.1) is 10.2 Å². The number of rotatable bonds is 8. The number of carbonyl (C=O) groups excluding carboxylic acids is 1. The van der Waals surface area contributed by atoms with Crippen LogP contribution in [0.2, 0.25) is 0 Å². The summed E-state index contributed by atoms with van der Waals surface area (Å²) in [7, 11) is 0. The molecule has 0 radical (unpaired) electrons. The predicted molar refractivity (Wildman–Crippen MR) is 106 cm³/mol. The molecule has 0 aliphatic heterocycles. The molecule has 146 valence electrons. The van der Waals surface area contributed by atoms with Crippen LogP contribution in [0.25, 0.3) is 16.7 Å². The van der Waals surface area contributed by atoms with Gasteiger partial charge < -0.3 is 14.8 Å². The first-order valence-corrected chi connectivity index (χ1v) is 9.57. The molecule has 0 bridgehead atoms. The highest BCUT2D eigenvalue weighted by atomic mass is 16.5. The minimum Gasteiger partial charge on any atom is -0.493 e. The zero-order valence-corrected chi connectivity index (χ0v) is 16.1. The van der Waals surface area contributed by atoms with Crippen molar-refractivity contribution in [3.8, 4) is 17.2 Å². The number of fused-ring (bicyclic) bond motifs is 1. The van der Waals surface area contributed by atoms with Gasteiger partial charge in [0.15, 0.2) is 0 Å². The number of carbonyl (C=O) groups is 1. The summed E-state index contributed by atoms with van der Waals surface area (Å²) in [4.78, 5) is 12.6. The van der Waals surface area contributed by atoms with Crippen molar-refractivity contribution < 1.29 is 14.3 Å². The molecule has 3 aromatic rings. The predicted octanol–water partition coefficient (Wildman–Crippen LogP) is 3.11. The SMILES string of the molecule is CC(=O)NC(C)COc1ccc(-n2nc3ccc(OCC4CC4)cc3n2)cc1. The quantitative estimate of drug-likeness (QED) is 0.650. The van der Waals surface area contributed by atoms with Crippen molar-refractivity contribution in [3.63, 3.8) is 0 Å². The van der Waals surface area contributed by atoms with Crippen molar-refractivity contribution in [1.29, 1.82) is 0 Å². The third-order valence-corrected chi connectivity index (χ3v) is 4.55. The Labute approximate surface area is 163 Å². The number of amides is 1. The van der Waals surface area contributed by atoms with Crippen molar-refractivity contribution in [2.75, 3.05) is 13.2 Å². The minimum atomic E-state index is -0.0654. The summed E-state index contributed by atoms with van der Waals surface area (Å²) in [6, 6.07) is 13.3. The Bertz CT molecular complexity index is 963. The summed E-state index contributed by atoms with van der Waals surface area (Å²) in [5, 5.41) is 11.9. The number of nitrogens with zero attached hydrogens (tertiary/aromatic N) is 3. The number of nitrogens with one attached hydrogen (secondary N) is 1. The number of benzene rings is 2. The standard InChI is InChI=1S/C21H24N4O3/c1-14(22-15(2)26)12-27-18-7-5-17(6-8-18)25-23-20-10-9-19(11-21(20)24-25)28-13-16-3-4-16/h5-11,14,16H,3-4,12-13H2,1-2H3,(H,22,26). The summed E-state index contributed by atoms with van der Waals surface area (Å²) in [6.07, 6.45) is 2.54. The Morgan fingerprint density at radius 1 is 1.11 bits per heavy atom. The second kappa shape index (κ2) is 7.88. The minimum absolute atomic E-state index is 0.0495. The first kappa shape index (κ1) is 18.3. The lowest BCUT2D eigenvalue weighted by molar-refractivity contribution is -0.119. The molecule has 7 heteroatoms. The zero-order valence-electron chi connectivity index (χ0n) is 16.1. The lowest BCUT2D eigenvalue weighted by atomic mass is 10.3. The fourth-order valence-electron chi connectivity index (χ4n) is 2.88. The van der Waals surface area contributed by atoms with Gasteiger partial charge >= 0.3 is 0 Å². The van der Waals surface area contributed by atoms with Gasteiger partial charge in [-0.3, -0.25) is 4.79 Å². The monoisotopic (exact) mass is 380 g/mol. The van der Waals surface area contributed by atoms with E-state index in [9.17, 15) is 4.79 Å². The lowest BCUT2D eigenvalue weighted by Crippen LogP contribution is -2.35. The van der Waals surface area contributed by atoms with E-state index in [1.807, 2.05) is 49.4 Å². The third-order valence-electron chi connectivity index (χ3n) is 4.55. The number of aromatic nitrogens is 3. The topological polar surface area (TPSA) is 78.3 Å². The molecule has 1 aliphatic carbocycles. The molecule has 1 N–H and O–H groups in total. The summed E-state index contributed by atoms with van der Waals surface area (Å²) >= 11 is 0. The molecule has 4 rings (SSSR count). The molecular formula is C21H24N4O3. The van der Waals surface area contributed by atoms with E-state index in [2.05, 4.69) is 15.5 Å². The highest BCUT2D eigenvalue weighted by Gasteiger charge is 2.22. The second-order valence-electron chi connectivity index (χ2n) is 7.30. The molecule has 28 heavy (non-hydrogen) atoms. The van der Waals surface area contributed by atoms with Crippen molar-refractivity contribution in [2.45, 2.75) is 32.7 Å². The summed E-state index contributed by atoms with van der Waals surface area (Å²) in [5.74, 6) is 2.22. The largest absolute Gasteiger partial charge is 0.493 e. The van der Waals surface area contributed by atoms with E-state index in [1.165, 1.54) is 19.8 Å². The molecular weight excluding hydrogens is 356 g/mol. The fourth-order valence-corrected chi connectivity index (χ4v) is 2.88. The third kappa shape index (κ3) is 4.60. The normalized spacial score (nSPS) is 14.6. The molecule has 7 nitrogen and oxygen atoms in total. The zero-order chi connectivity index (χ0) is 19.5. The Morgan fingerprint density at radius 2 is 1.82 bits per heavy atom.